The lowest BCUT2D eigenvalue weighted by Gasteiger charge is -2.40. The third-order valence-corrected chi connectivity index (χ3v) is 3.70. The molecule has 1 fully saturated rings. The monoisotopic (exact) mass is 313 g/mol. The van der Waals surface area contributed by atoms with Crippen LogP contribution in [0.5, 0.6) is 0 Å². The fraction of sp³-hybridized carbons (Fsp3) is 0.267. The fourth-order valence-electron chi connectivity index (χ4n) is 2.36. The van der Waals surface area contributed by atoms with E-state index in [4.69, 9.17) is 11.0 Å². The van der Waals surface area contributed by atoms with Gasteiger partial charge in [0.2, 0.25) is 5.95 Å². The molecule has 2 heterocycles. The van der Waals surface area contributed by atoms with Crippen LogP contribution in [-0.4, -0.2) is 36.1 Å². The van der Waals surface area contributed by atoms with E-state index in [0.29, 0.717) is 17.5 Å². The van der Waals surface area contributed by atoms with Crippen molar-refractivity contribution in [2.75, 3.05) is 36.1 Å². The summed E-state index contributed by atoms with van der Waals surface area (Å²) in [5, 5.41) is 15.1. The lowest BCUT2D eigenvalue weighted by Crippen LogP contribution is -2.57. The SMILES string of the molecule is CNC1CN(c2cc(Nc3ccc(F)c(C#N)c3)nc(N)n2)C1. The highest BCUT2D eigenvalue weighted by Gasteiger charge is 2.26. The molecule has 23 heavy (non-hydrogen) atoms. The molecule has 1 aliphatic heterocycles. The number of hydrogen-bond donors (Lipinski definition) is 3. The smallest absolute Gasteiger partial charge is 0.223 e. The van der Waals surface area contributed by atoms with E-state index in [1.807, 2.05) is 7.05 Å². The van der Waals surface area contributed by atoms with E-state index < -0.39 is 5.82 Å². The molecule has 0 bridgehead atoms. The Balaban J connectivity index is 1.81. The highest BCUT2D eigenvalue weighted by Crippen LogP contribution is 2.24. The molecule has 3 rings (SSSR count). The van der Waals surface area contributed by atoms with Gasteiger partial charge in [0.25, 0.3) is 0 Å². The lowest BCUT2D eigenvalue weighted by atomic mass is 10.1. The summed E-state index contributed by atoms with van der Waals surface area (Å²) in [6.45, 7) is 1.70. The Hall–Kier alpha value is -2.92. The Morgan fingerprint density at radius 3 is 2.83 bits per heavy atom. The third kappa shape index (κ3) is 3.14. The van der Waals surface area contributed by atoms with Gasteiger partial charge in [0, 0.05) is 30.9 Å². The number of rotatable bonds is 4. The normalized spacial score (nSPS) is 14.2. The van der Waals surface area contributed by atoms with E-state index in [1.165, 1.54) is 18.2 Å². The van der Waals surface area contributed by atoms with Gasteiger partial charge in [0.05, 0.1) is 5.56 Å². The molecule has 8 heteroatoms. The average Bonchev–Trinajstić information content (AvgIpc) is 2.47. The number of nitrogens with one attached hydrogen (secondary N) is 2. The minimum Gasteiger partial charge on any atom is -0.368 e. The van der Waals surface area contributed by atoms with Crippen molar-refractivity contribution in [1.82, 2.24) is 15.3 Å². The Labute approximate surface area is 133 Å². The quantitative estimate of drug-likeness (QED) is 0.780. The predicted molar refractivity (Wildman–Crippen MR) is 85.9 cm³/mol. The first-order valence-electron chi connectivity index (χ1n) is 7.12. The molecule has 0 saturated carbocycles. The maximum absolute atomic E-state index is 13.4. The van der Waals surface area contributed by atoms with Gasteiger partial charge in [-0.15, -0.1) is 0 Å². The van der Waals surface area contributed by atoms with Gasteiger partial charge in [-0.2, -0.15) is 15.2 Å². The maximum Gasteiger partial charge on any atom is 0.223 e. The number of aromatic nitrogens is 2. The summed E-state index contributed by atoms with van der Waals surface area (Å²) < 4.78 is 13.4. The van der Waals surface area contributed by atoms with Crippen LogP contribution in [0.2, 0.25) is 0 Å². The van der Waals surface area contributed by atoms with Crippen molar-refractivity contribution in [2.45, 2.75) is 6.04 Å². The number of nitrogens with zero attached hydrogens (tertiary/aromatic N) is 4. The van der Waals surface area contributed by atoms with Crippen molar-refractivity contribution >= 4 is 23.3 Å². The van der Waals surface area contributed by atoms with E-state index in [0.717, 1.165) is 18.9 Å². The summed E-state index contributed by atoms with van der Waals surface area (Å²) in [6.07, 6.45) is 0. The molecule has 0 radical (unpaired) electrons. The zero-order valence-corrected chi connectivity index (χ0v) is 12.5. The van der Waals surface area contributed by atoms with Crippen LogP contribution < -0.4 is 21.3 Å². The van der Waals surface area contributed by atoms with Crippen LogP contribution >= 0.6 is 0 Å². The number of nitrogens with two attached hydrogens (primary N) is 1. The Kier molecular flexibility index (Phi) is 3.95. The maximum atomic E-state index is 13.4. The van der Waals surface area contributed by atoms with Crippen LogP contribution in [0, 0.1) is 17.1 Å². The molecule has 0 atom stereocenters. The second kappa shape index (κ2) is 6.06. The molecule has 0 amide bonds. The van der Waals surface area contributed by atoms with Gasteiger partial charge in [0.15, 0.2) is 0 Å². The van der Waals surface area contributed by atoms with Crippen molar-refractivity contribution < 1.29 is 4.39 Å². The molecular formula is C15H16FN7. The van der Waals surface area contributed by atoms with E-state index in [-0.39, 0.29) is 11.5 Å². The minimum absolute atomic E-state index is 0.0307. The highest BCUT2D eigenvalue weighted by atomic mass is 19.1. The molecule has 1 aromatic heterocycles. The zero-order chi connectivity index (χ0) is 16.4. The molecule has 0 aliphatic carbocycles. The number of benzene rings is 1. The first-order chi connectivity index (χ1) is 11.1. The van der Waals surface area contributed by atoms with Gasteiger partial charge >= 0.3 is 0 Å². The molecule has 1 aliphatic rings. The highest BCUT2D eigenvalue weighted by molar-refractivity contribution is 5.63. The topological polar surface area (TPSA) is 103 Å². The van der Waals surface area contributed by atoms with E-state index in [9.17, 15) is 4.39 Å². The van der Waals surface area contributed by atoms with Crippen LogP contribution in [0.25, 0.3) is 0 Å². The van der Waals surface area contributed by atoms with Gasteiger partial charge in [-0.1, -0.05) is 0 Å². The van der Waals surface area contributed by atoms with Gasteiger partial charge in [-0.05, 0) is 25.2 Å². The van der Waals surface area contributed by atoms with Crippen molar-refractivity contribution in [1.29, 1.82) is 5.26 Å². The van der Waals surface area contributed by atoms with Gasteiger partial charge in [-0.25, -0.2) is 4.39 Å². The molecule has 1 saturated heterocycles. The third-order valence-electron chi connectivity index (χ3n) is 3.70. The number of nitrogen functional groups attached to an aromatic ring is 1. The standard InChI is InChI=1S/C15H16FN7/c1-19-11-7-23(8-11)14-5-13(21-15(18)22-14)20-10-2-3-12(16)9(4-10)6-17/h2-5,11,19H,7-8H2,1H3,(H3,18,20,21,22). The minimum atomic E-state index is -0.556. The van der Waals surface area contributed by atoms with E-state index in [2.05, 4.69) is 25.5 Å². The molecule has 4 N–H and O–H groups in total. The number of anilines is 4. The first-order valence-corrected chi connectivity index (χ1v) is 7.12. The molecule has 1 aromatic carbocycles. The van der Waals surface area contributed by atoms with Crippen molar-refractivity contribution in [2.24, 2.45) is 0 Å². The average molecular weight is 313 g/mol. The lowest BCUT2D eigenvalue weighted by molar-refractivity contribution is 0.447. The Morgan fingerprint density at radius 2 is 2.13 bits per heavy atom. The van der Waals surface area contributed by atoms with Crippen LogP contribution in [0.15, 0.2) is 24.3 Å². The van der Waals surface area contributed by atoms with Gasteiger partial charge in [0.1, 0.15) is 23.5 Å². The van der Waals surface area contributed by atoms with Gasteiger partial charge in [-0.3, -0.25) is 0 Å². The van der Waals surface area contributed by atoms with E-state index in [1.54, 1.807) is 12.1 Å². The Bertz CT molecular complexity index is 765. The van der Waals surface area contributed by atoms with Crippen LogP contribution in [-0.2, 0) is 0 Å². The zero-order valence-electron chi connectivity index (χ0n) is 12.5. The van der Waals surface area contributed by atoms with Crippen molar-refractivity contribution in [3.63, 3.8) is 0 Å². The van der Waals surface area contributed by atoms with Crippen LogP contribution in [0.1, 0.15) is 5.56 Å². The summed E-state index contributed by atoms with van der Waals surface area (Å²) in [5.74, 6) is 0.824. The Morgan fingerprint density at radius 1 is 1.35 bits per heavy atom. The molecular weight excluding hydrogens is 297 g/mol. The van der Waals surface area contributed by atoms with Crippen molar-refractivity contribution in [3.05, 3.63) is 35.6 Å². The van der Waals surface area contributed by atoms with Crippen molar-refractivity contribution in [3.8, 4) is 6.07 Å². The number of nitriles is 1. The molecule has 0 unspecified atom stereocenters. The molecule has 0 spiro atoms. The first kappa shape index (κ1) is 15.0. The summed E-state index contributed by atoms with van der Waals surface area (Å²) in [7, 11) is 1.92. The fourth-order valence-corrected chi connectivity index (χ4v) is 2.36. The second-order valence-corrected chi connectivity index (χ2v) is 5.29. The summed E-state index contributed by atoms with van der Waals surface area (Å²) in [5.41, 5.74) is 6.29. The number of hydrogen-bond acceptors (Lipinski definition) is 7. The number of likely N-dealkylation sites (N-methyl/N-ethyl adjacent to an activating group) is 1. The summed E-state index contributed by atoms with van der Waals surface area (Å²) >= 11 is 0. The molecule has 2 aromatic rings. The summed E-state index contributed by atoms with van der Waals surface area (Å²) in [4.78, 5) is 10.4. The summed E-state index contributed by atoms with van der Waals surface area (Å²) in [6, 6.07) is 8.22. The van der Waals surface area contributed by atoms with Crippen LogP contribution in [0.4, 0.5) is 27.7 Å². The second-order valence-electron chi connectivity index (χ2n) is 5.29. The molecule has 118 valence electrons. The largest absolute Gasteiger partial charge is 0.368 e. The van der Waals surface area contributed by atoms with Crippen LogP contribution in [0.3, 0.4) is 0 Å². The molecule has 7 nitrogen and oxygen atoms in total. The van der Waals surface area contributed by atoms with Gasteiger partial charge < -0.3 is 21.3 Å². The predicted octanol–water partition coefficient (Wildman–Crippen LogP) is 1.22. The van der Waals surface area contributed by atoms with E-state index >= 15 is 0 Å². The number of halogens is 1.